The molecule has 1 aliphatic rings. The van der Waals surface area contributed by atoms with Gasteiger partial charge in [-0.25, -0.2) is 4.98 Å². The van der Waals surface area contributed by atoms with E-state index in [2.05, 4.69) is 46.7 Å². The van der Waals surface area contributed by atoms with Crippen LogP contribution in [0.2, 0.25) is 0 Å². The van der Waals surface area contributed by atoms with E-state index in [1.54, 1.807) is 11.3 Å². The number of carbonyl (C=O) groups is 1. The number of fused-ring (bicyclic) bond motifs is 1. The predicted molar refractivity (Wildman–Crippen MR) is 133 cm³/mol. The highest BCUT2D eigenvalue weighted by molar-refractivity contribution is 8.01. The van der Waals surface area contributed by atoms with E-state index < -0.39 is 0 Å². The largest absolute Gasteiger partial charge is 0.341 e. The van der Waals surface area contributed by atoms with E-state index in [4.69, 9.17) is 4.98 Å². The summed E-state index contributed by atoms with van der Waals surface area (Å²) in [5.41, 5.74) is 3.23. The number of para-hydroxylation sites is 1. The van der Waals surface area contributed by atoms with Gasteiger partial charge in [0, 0.05) is 24.7 Å². The molecule has 2 aromatic heterocycles. The number of hydrogen-bond donors (Lipinski definition) is 1. The van der Waals surface area contributed by atoms with Crippen molar-refractivity contribution in [3.8, 4) is 0 Å². The van der Waals surface area contributed by atoms with E-state index in [9.17, 15) is 4.79 Å². The van der Waals surface area contributed by atoms with E-state index in [1.807, 2.05) is 29.2 Å². The van der Waals surface area contributed by atoms with Crippen LogP contribution in [-0.4, -0.2) is 44.8 Å². The summed E-state index contributed by atoms with van der Waals surface area (Å²) in [6, 6.07) is 16.4. The first kappa shape index (κ1) is 21.4. The lowest BCUT2D eigenvalue weighted by molar-refractivity contribution is -0.129. The third-order valence-corrected chi connectivity index (χ3v) is 8.58. The molecule has 2 aromatic carbocycles. The van der Waals surface area contributed by atoms with Crippen LogP contribution in [0, 0.1) is 6.92 Å². The third-order valence-electron chi connectivity index (χ3n) is 5.43. The number of anilines is 2. The Kier molecular flexibility index (Phi) is 6.38. The maximum Gasteiger partial charge on any atom is 0.233 e. The molecule has 5 rings (SSSR count). The van der Waals surface area contributed by atoms with Crippen LogP contribution in [-0.2, 0) is 4.79 Å². The minimum absolute atomic E-state index is 0.157. The van der Waals surface area contributed by atoms with E-state index in [0.29, 0.717) is 11.7 Å². The summed E-state index contributed by atoms with van der Waals surface area (Å²) in [5, 5.41) is 13.6. The molecule has 0 spiro atoms. The summed E-state index contributed by atoms with van der Waals surface area (Å²) < 4.78 is 2.01. The van der Waals surface area contributed by atoms with Gasteiger partial charge in [0.2, 0.25) is 11.0 Å². The molecule has 1 saturated heterocycles. The highest BCUT2D eigenvalue weighted by Crippen LogP contribution is 2.34. The molecule has 6 nitrogen and oxygen atoms in total. The number of aryl methyl sites for hydroxylation is 1. The van der Waals surface area contributed by atoms with Gasteiger partial charge < -0.3 is 10.2 Å². The molecule has 1 aliphatic heterocycles. The van der Waals surface area contributed by atoms with Crippen molar-refractivity contribution in [2.75, 3.05) is 24.2 Å². The van der Waals surface area contributed by atoms with Crippen LogP contribution in [0.25, 0.3) is 10.2 Å². The van der Waals surface area contributed by atoms with Gasteiger partial charge in [0.25, 0.3) is 0 Å². The van der Waals surface area contributed by atoms with Crippen LogP contribution >= 0.6 is 34.4 Å². The highest BCUT2D eigenvalue weighted by Gasteiger charge is 2.27. The maximum atomic E-state index is 12.9. The van der Waals surface area contributed by atoms with Crippen LogP contribution < -0.4 is 5.32 Å². The monoisotopic (exact) mass is 481 g/mol. The maximum absolute atomic E-state index is 12.9. The molecule has 4 aromatic rings. The Hall–Kier alpha value is -2.49. The molecule has 164 valence electrons. The Morgan fingerprint density at radius 1 is 1.19 bits per heavy atom. The summed E-state index contributed by atoms with van der Waals surface area (Å²) in [4.78, 5) is 19.7. The van der Waals surface area contributed by atoms with Crippen LogP contribution in [0.15, 0.2) is 52.9 Å². The van der Waals surface area contributed by atoms with Crippen LogP contribution in [0.3, 0.4) is 0 Å². The van der Waals surface area contributed by atoms with Crippen molar-refractivity contribution in [1.29, 1.82) is 0 Å². The van der Waals surface area contributed by atoms with Gasteiger partial charge in [-0.1, -0.05) is 47.4 Å². The number of benzene rings is 2. The Bertz CT molecular complexity index is 1200. The molecule has 1 atom stereocenters. The van der Waals surface area contributed by atoms with Crippen molar-refractivity contribution in [3.63, 3.8) is 0 Å². The second-order valence-corrected chi connectivity index (χ2v) is 11.1. The number of likely N-dealkylation sites (tertiary alicyclic amines) is 1. The van der Waals surface area contributed by atoms with Gasteiger partial charge in [-0.05, 0) is 49.6 Å². The van der Waals surface area contributed by atoms with E-state index in [1.165, 1.54) is 33.4 Å². The number of aromatic nitrogens is 3. The number of hydrogen-bond acceptors (Lipinski definition) is 8. The molecule has 9 heteroatoms. The summed E-state index contributed by atoms with van der Waals surface area (Å²) in [6.45, 7) is 3.62. The normalized spacial score (nSPS) is 16.4. The lowest BCUT2D eigenvalue weighted by atomic mass is 9.99. The van der Waals surface area contributed by atoms with Crippen molar-refractivity contribution >= 4 is 61.4 Å². The van der Waals surface area contributed by atoms with Gasteiger partial charge in [0.15, 0.2) is 4.34 Å². The lowest BCUT2D eigenvalue weighted by Crippen LogP contribution is -2.40. The summed E-state index contributed by atoms with van der Waals surface area (Å²) in [5.74, 6) is 0.858. The fourth-order valence-electron chi connectivity index (χ4n) is 3.85. The van der Waals surface area contributed by atoms with Crippen molar-refractivity contribution < 1.29 is 4.79 Å². The van der Waals surface area contributed by atoms with Crippen molar-refractivity contribution in [2.45, 2.75) is 30.0 Å². The molecule has 1 amide bonds. The minimum atomic E-state index is 0.157. The van der Waals surface area contributed by atoms with Gasteiger partial charge in [0.1, 0.15) is 0 Å². The smallest absolute Gasteiger partial charge is 0.233 e. The second kappa shape index (κ2) is 9.56. The number of carbonyl (C=O) groups excluding carboxylic acids is 1. The van der Waals surface area contributed by atoms with Crippen LogP contribution in [0.1, 0.15) is 29.3 Å². The fourth-order valence-corrected chi connectivity index (χ4v) is 6.62. The zero-order valence-electron chi connectivity index (χ0n) is 17.7. The molecule has 0 bridgehead atoms. The predicted octanol–water partition coefficient (Wildman–Crippen LogP) is 5.70. The minimum Gasteiger partial charge on any atom is -0.341 e. The average molecular weight is 482 g/mol. The SMILES string of the molecule is Cc1cccc(Nc2nnc(SCC(=O)N3CCC[C@@H](c4nc5ccccc5s4)C3)s2)c1. The molecular formula is C23H23N5OS3. The number of amides is 1. The van der Waals surface area contributed by atoms with Gasteiger partial charge in [-0.15, -0.1) is 21.5 Å². The first-order valence-electron chi connectivity index (χ1n) is 10.6. The number of rotatable bonds is 6. The number of piperidine rings is 1. The van der Waals surface area contributed by atoms with Crippen molar-refractivity contribution in [1.82, 2.24) is 20.1 Å². The highest BCUT2D eigenvalue weighted by atomic mass is 32.2. The van der Waals surface area contributed by atoms with Crippen molar-refractivity contribution in [3.05, 3.63) is 59.1 Å². The average Bonchev–Trinajstić information content (AvgIpc) is 3.44. The Morgan fingerprint density at radius 2 is 2.09 bits per heavy atom. The number of thiazole rings is 1. The van der Waals surface area contributed by atoms with Crippen LogP contribution in [0.4, 0.5) is 10.8 Å². The Labute approximate surface area is 199 Å². The Morgan fingerprint density at radius 3 is 2.97 bits per heavy atom. The Balaban J connectivity index is 1.17. The molecule has 0 saturated carbocycles. The van der Waals surface area contributed by atoms with Gasteiger partial charge in [0.05, 0.1) is 21.0 Å². The van der Waals surface area contributed by atoms with Gasteiger partial charge in [-0.3, -0.25) is 4.79 Å². The quantitative estimate of drug-likeness (QED) is 0.356. The molecular weight excluding hydrogens is 458 g/mol. The van der Waals surface area contributed by atoms with E-state index >= 15 is 0 Å². The van der Waals surface area contributed by atoms with Gasteiger partial charge >= 0.3 is 0 Å². The summed E-state index contributed by atoms with van der Waals surface area (Å²) >= 11 is 4.68. The number of nitrogens with one attached hydrogen (secondary N) is 1. The standard InChI is InChI=1S/C23H23N5OS3/c1-15-6-4-8-17(12-15)24-22-26-27-23(32-22)30-14-20(29)28-11-5-7-16(13-28)21-25-18-9-2-3-10-19(18)31-21/h2-4,6,8-10,12,16H,5,7,11,13-14H2,1H3,(H,24,26)/t16-/m1/s1. The second-order valence-electron chi connectivity index (χ2n) is 7.86. The first-order chi connectivity index (χ1) is 15.6. The van der Waals surface area contributed by atoms with E-state index in [-0.39, 0.29) is 5.91 Å². The molecule has 32 heavy (non-hydrogen) atoms. The summed E-state index contributed by atoms with van der Waals surface area (Å²) in [6.07, 6.45) is 2.10. The topological polar surface area (TPSA) is 71.0 Å². The van der Waals surface area contributed by atoms with E-state index in [0.717, 1.165) is 51.6 Å². The molecule has 0 unspecified atom stereocenters. The van der Waals surface area contributed by atoms with Crippen LogP contribution in [0.5, 0.6) is 0 Å². The summed E-state index contributed by atoms with van der Waals surface area (Å²) in [7, 11) is 0. The molecule has 3 heterocycles. The first-order valence-corrected chi connectivity index (χ1v) is 13.2. The lowest BCUT2D eigenvalue weighted by Gasteiger charge is -2.31. The molecule has 1 N–H and O–H groups in total. The third kappa shape index (κ3) is 4.95. The zero-order chi connectivity index (χ0) is 21.9. The van der Waals surface area contributed by atoms with Gasteiger partial charge in [-0.2, -0.15) is 0 Å². The number of nitrogens with zero attached hydrogens (tertiary/aromatic N) is 4. The fraction of sp³-hybridized carbons (Fsp3) is 0.304. The molecule has 0 radical (unpaired) electrons. The zero-order valence-corrected chi connectivity index (χ0v) is 20.1. The van der Waals surface area contributed by atoms with Crippen molar-refractivity contribution in [2.24, 2.45) is 0 Å². The molecule has 1 fully saturated rings. The molecule has 0 aliphatic carbocycles. The number of thioether (sulfide) groups is 1.